The maximum atomic E-state index is 12.1. The lowest BCUT2D eigenvalue weighted by molar-refractivity contribution is -0.0328. The summed E-state index contributed by atoms with van der Waals surface area (Å²) in [6.07, 6.45) is 1.20. The topological polar surface area (TPSA) is 46.2 Å². The highest BCUT2D eigenvalue weighted by Crippen LogP contribution is 2.37. The van der Waals surface area contributed by atoms with Crippen molar-refractivity contribution >= 4 is 24.2 Å². The zero-order chi connectivity index (χ0) is 12.9. The van der Waals surface area contributed by atoms with Crippen molar-refractivity contribution in [3.05, 3.63) is 29.8 Å². The lowest BCUT2D eigenvalue weighted by atomic mass is 10.0. The SMILES string of the molecule is Cl.N[C@H](CCCO)c1ccc(SC(F)(F)F)cc1. The highest BCUT2D eigenvalue weighted by Gasteiger charge is 2.29. The van der Waals surface area contributed by atoms with Crippen LogP contribution in [-0.2, 0) is 0 Å². The zero-order valence-corrected chi connectivity index (χ0v) is 11.1. The van der Waals surface area contributed by atoms with E-state index < -0.39 is 5.51 Å². The standard InChI is InChI=1S/C11H14F3NOS.ClH/c12-11(13,14)17-9-5-3-8(4-6-9)10(15)2-1-7-16;/h3-6,10,16H,1-2,7,15H2;1H/t10-;/m1./s1. The summed E-state index contributed by atoms with van der Waals surface area (Å²) in [6, 6.07) is 5.76. The van der Waals surface area contributed by atoms with Crippen LogP contribution in [0.5, 0.6) is 0 Å². The second kappa shape index (κ2) is 7.89. The maximum absolute atomic E-state index is 12.1. The van der Waals surface area contributed by atoms with Gasteiger partial charge in [0.1, 0.15) is 0 Å². The summed E-state index contributed by atoms with van der Waals surface area (Å²) in [5, 5.41) is 8.65. The van der Waals surface area contributed by atoms with Crippen molar-refractivity contribution in [2.24, 2.45) is 5.73 Å². The third kappa shape index (κ3) is 6.49. The molecule has 104 valence electrons. The molecule has 18 heavy (non-hydrogen) atoms. The van der Waals surface area contributed by atoms with Crippen molar-refractivity contribution in [2.75, 3.05) is 6.61 Å². The minimum atomic E-state index is -4.26. The van der Waals surface area contributed by atoms with Crippen molar-refractivity contribution in [3.8, 4) is 0 Å². The van der Waals surface area contributed by atoms with E-state index in [0.29, 0.717) is 12.8 Å². The van der Waals surface area contributed by atoms with E-state index in [2.05, 4.69) is 0 Å². The Labute approximate surface area is 114 Å². The second-order valence-electron chi connectivity index (χ2n) is 3.59. The van der Waals surface area contributed by atoms with Gasteiger partial charge in [0.25, 0.3) is 0 Å². The second-order valence-corrected chi connectivity index (χ2v) is 4.73. The average Bonchev–Trinajstić information content (AvgIpc) is 2.24. The van der Waals surface area contributed by atoms with Crippen molar-refractivity contribution < 1.29 is 18.3 Å². The number of rotatable bonds is 5. The van der Waals surface area contributed by atoms with Gasteiger partial charge in [-0.25, -0.2) is 0 Å². The molecule has 0 fully saturated rings. The van der Waals surface area contributed by atoms with E-state index in [1.807, 2.05) is 0 Å². The molecule has 1 aromatic rings. The van der Waals surface area contributed by atoms with Crippen LogP contribution in [0.1, 0.15) is 24.4 Å². The number of alkyl halides is 3. The van der Waals surface area contributed by atoms with Crippen molar-refractivity contribution in [3.63, 3.8) is 0 Å². The third-order valence-electron chi connectivity index (χ3n) is 2.22. The van der Waals surface area contributed by atoms with Crippen LogP contribution in [0, 0.1) is 0 Å². The minimum Gasteiger partial charge on any atom is -0.396 e. The van der Waals surface area contributed by atoms with Gasteiger partial charge in [-0.2, -0.15) is 13.2 Å². The number of hydrogen-bond acceptors (Lipinski definition) is 3. The number of halogens is 4. The van der Waals surface area contributed by atoms with Gasteiger partial charge in [0.2, 0.25) is 0 Å². The van der Waals surface area contributed by atoms with Gasteiger partial charge in [0, 0.05) is 17.5 Å². The first-order chi connectivity index (χ1) is 7.92. The molecule has 0 aliphatic heterocycles. The first-order valence-electron chi connectivity index (χ1n) is 5.14. The molecule has 0 bridgehead atoms. The molecule has 1 aromatic carbocycles. The Morgan fingerprint density at radius 1 is 1.22 bits per heavy atom. The van der Waals surface area contributed by atoms with Crippen LogP contribution in [0.25, 0.3) is 0 Å². The van der Waals surface area contributed by atoms with E-state index in [-0.39, 0.29) is 41.7 Å². The Morgan fingerprint density at radius 2 is 1.78 bits per heavy atom. The normalized spacial score (nSPS) is 12.9. The van der Waals surface area contributed by atoms with E-state index in [9.17, 15) is 13.2 Å². The first kappa shape index (κ1) is 17.6. The quantitative estimate of drug-likeness (QED) is 0.818. The van der Waals surface area contributed by atoms with Gasteiger partial charge >= 0.3 is 5.51 Å². The largest absolute Gasteiger partial charge is 0.446 e. The third-order valence-corrected chi connectivity index (χ3v) is 2.95. The maximum Gasteiger partial charge on any atom is 0.446 e. The van der Waals surface area contributed by atoms with Crippen molar-refractivity contribution in [1.82, 2.24) is 0 Å². The lowest BCUT2D eigenvalue weighted by Crippen LogP contribution is -2.10. The van der Waals surface area contributed by atoms with E-state index in [1.165, 1.54) is 12.1 Å². The summed E-state index contributed by atoms with van der Waals surface area (Å²) in [4.78, 5) is 0.149. The monoisotopic (exact) mass is 301 g/mol. The van der Waals surface area contributed by atoms with Gasteiger partial charge in [-0.3, -0.25) is 0 Å². The number of nitrogens with two attached hydrogens (primary N) is 1. The van der Waals surface area contributed by atoms with E-state index in [4.69, 9.17) is 10.8 Å². The molecule has 0 amide bonds. The van der Waals surface area contributed by atoms with E-state index >= 15 is 0 Å². The molecule has 0 saturated carbocycles. The van der Waals surface area contributed by atoms with Gasteiger partial charge in [-0.15, -0.1) is 12.4 Å². The molecule has 0 aliphatic carbocycles. The van der Waals surface area contributed by atoms with Gasteiger partial charge in [-0.05, 0) is 42.3 Å². The molecule has 0 unspecified atom stereocenters. The number of aliphatic hydroxyl groups is 1. The Morgan fingerprint density at radius 3 is 2.22 bits per heavy atom. The smallest absolute Gasteiger partial charge is 0.396 e. The minimum absolute atomic E-state index is 0. The summed E-state index contributed by atoms with van der Waals surface area (Å²) >= 11 is -0.142. The fourth-order valence-corrected chi connectivity index (χ4v) is 1.93. The van der Waals surface area contributed by atoms with Crippen LogP contribution in [-0.4, -0.2) is 17.2 Å². The molecule has 3 N–H and O–H groups in total. The molecular weight excluding hydrogens is 287 g/mol. The fraction of sp³-hybridized carbons (Fsp3) is 0.455. The first-order valence-corrected chi connectivity index (χ1v) is 5.96. The summed E-state index contributed by atoms with van der Waals surface area (Å²) in [5.74, 6) is 0. The lowest BCUT2D eigenvalue weighted by Gasteiger charge is -2.12. The van der Waals surface area contributed by atoms with Gasteiger partial charge in [-0.1, -0.05) is 12.1 Å². The molecule has 0 aromatic heterocycles. The molecule has 1 atom stereocenters. The number of aliphatic hydroxyl groups excluding tert-OH is 1. The summed E-state index contributed by atoms with van der Waals surface area (Å²) in [5.41, 5.74) is 2.34. The summed E-state index contributed by atoms with van der Waals surface area (Å²) in [6.45, 7) is 0.0652. The van der Waals surface area contributed by atoms with E-state index in [1.54, 1.807) is 12.1 Å². The van der Waals surface area contributed by atoms with Crippen molar-refractivity contribution in [2.45, 2.75) is 29.3 Å². The predicted octanol–water partition coefficient (Wildman–Crippen LogP) is 3.49. The molecule has 1 rings (SSSR count). The molecule has 0 spiro atoms. The fourth-order valence-electron chi connectivity index (χ4n) is 1.39. The highest BCUT2D eigenvalue weighted by molar-refractivity contribution is 8.00. The van der Waals surface area contributed by atoms with Crippen LogP contribution in [0.4, 0.5) is 13.2 Å². The molecule has 7 heteroatoms. The number of hydrogen-bond donors (Lipinski definition) is 2. The summed E-state index contributed by atoms with van der Waals surface area (Å²) < 4.78 is 36.2. The molecule has 2 nitrogen and oxygen atoms in total. The number of thioether (sulfide) groups is 1. The van der Waals surface area contributed by atoms with Gasteiger partial charge < -0.3 is 10.8 Å². The number of benzene rings is 1. The Balaban J connectivity index is 0.00000289. The van der Waals surface area contributed by atoms with Crippen LogP contribution >= 0.6 is 24.2 Å². The highest BCUT2D eigenvalue weighted by atomic mass is 35.5. The Kier molecular flexibility index (Phi) is 7.70. The van der Waals surface area contributed by atoms with Gasteiger partial charge in [0.15, 0.2) is 0 Å². The van der Waals surface area contributed by atoms with Crippen LogP contribution in [0.2, 0.25) is 0 Å². The predicted molar refractivity (Wildman–Crippen MR) is 68.9 cm³/mol. The molecular formula is C11H15ClF3NOS. The van der Waals surface area contributed by atoms with Crippen molar-refractivity contribution in [1.29, 1.82) is 0 Å². The molecule has 0 saturated heterocycles. The zero-order valence-electron chi connectivity index (χ0n) is 9.48. The molecule has 0 aliphatic rings. The molecule has 0 heterocycles. The van der Waals surface area contributed by atoms with Gasteiger partial charge in [0.05, 0.1) is 0 Å². The average molecular weight is 302 g/mol. The molecule has 0 radical (unpaired) electrons. The van der Waals surface area contributed by atoms with Crippen LogP contribution < -0.4 is 5.73 Å². The summed E-state index contributed by atoms with van der Waals surface area (Å²) in [7, 11) is 0. The Bertz CT molecular complexity index is 345. The Hall–Kier alpha value is -0.430. The van der Waals surface area contributed by atoms with Crippen LogP contribution in [0.3, 0.4) is 0 Å². The van der Waals surface area contributed by atoms with E-state index in [0.717, 1.165) is 5.56 Å². The van der Waals surface area contributed by atoms with Crippen LogP contribution in [0.15, 0.2) is 29.2 Å².